The number of ether oxygens (including phenoxy) is 1. The van der Waals surface area contributed by atoms with E-state index >= 15 is 0 Å². The van der Waals surface area contributed by atoms with Gasteiger partial charge in [-0.05, 0) is 25.7 Å². The number of carbonyl (C=O) groups excluding carboxylic acids is 1. The lowest BCUT2D eigenvalue weighted by Gasteiger charge is -2.38. The highest BCUT2D eigenvalue weighted by atomic mass is 16.5. The Hall–Kier alpha value is -0.570. The van der Waals surface area contributed by atoms with Crippen LogP contribution in [0, 0.1) is 0 Å². The van der Waals surface area contributed by atoms with E-state index in [1.807, 2.05) is 32.6 Å². The fraction of sp³-hybridized carbons (Fsp3) is 0.929. The fourth-order valence-corrected chi connectivity index (χ4v) is 2.38. The van der Waals surface area contributed by atoms with E-state index in [-0.39, 0.29) is 11.5 Å². The Labute approximate surface area is 107 Å². The predicted octanol–water partition coefficient (Wildman–Crippen LogP) is 3.23. The van der Waals surface area contributed by atoms with Crippen LogP contribution in [0.2, 0.25) is 0 Å². The second-order valence-electron chi connectivity index (χ2n) is 4.14. The molecule has 0 N–H and O–H groups in total. The van der Waals surface area contributed by atoms with Gasteiger partial charge in [-0.3, -0.25) is 4.79 Å². The molecule has 102 valence electrons. The maximum Gasteiger partial charge on any atom is 0.219 e. The summed E-state index contributed by atoms with van der Waals surface area (Å²) in [7, 11) is 0. The Kier molecular flexibility index (Phi) is 8.23. The smallest absolute Gasteiger partial charge is 0.219 e. The minimum Gasteiger partial charge on any atom is -0.375 e. The molecule has 3 heteroatoms. The largest absolute Gasteiger partial charge is 0.375 e. The topological polar surface area (TPSA) is 29.5 Å². The number of rotatable bonds is 0. The van der Waals surface area contributed by atoms with Gasteiger partial charge >= 0.3 is 0 Å². The molecule has 2 saturated heterocycles. The van der Waals surface area contributed by atoms with E-state index in [4.69, 9.17) is 4.74 Å². The average Bonchev–Trinajstić information content (AvgIpc) is 2.83. The number of carbonyl (C=O) groups is 1. The van der Waals surface area contributed by atoms with Crippen LogP contribution < -0.4 is 0 Å². The summed E-state index contributed by atoms with van der Waals surface area (Å²) in [5.74, 6) is 0.202. The molecule has 0 aromatic rings. The molecule has 2 aliphatic rings. The van der Waals surface area contributed by atoms with Gasteiger partial charge in [0.15, 0.2) is 0 Å². The molecule has 0 unspecified atom stereocenters. The molecule has 17 heavy (non-hydrogen) atoms. The van der Waals surface area contributed by atoms with E-state index in [1.54, 1.807) is 6.92 Å². The lowest BCUT2D eigenvalue weighted by Crippen LogP contribution is -2.45. The molecule has 0 aliphatic carbocycles. The maximum absolute atomic E-state index is 11.1. The average molecular weight is 243 g/mol. The minimum atomic E-state index is 0.145. The van der Waals surface area contributed by atoms with Crippen molar-refractivity contribution < 1.29 is 9.53 Å². The van der Waals surface area contributed by atoms with Crippen molar-refractivity contribution in [3.05, 3.63) is 0 Å². The summed E-state index contributed by atoms with van der Waals surface area (Å²) >= 11 is 0. The van der Waals surface area contributed by atoms with Crippen molar-refractivity contribution in [3.8, 4) is 0 Å². The molecule has 0 aromatic heterocycles. The number of piperidine rings is 1. The van der Waals surface area contributed by atoms with Gasteiger partial charge in [-0.1, -0.05) is 27.7 Å². The van der Waals surface area contributed by atoms with E-state index in [0.29, 0.717) is 0 Å². The maximum atomic E-state index is 11.1. The van der Waals surface area contributed by atoms with Gasteiger partial charge in [-0.2, -0.15) is 0 Å². The van der Waals surface area contributed by atoms with Crippen LogP contribution in [0.1, 0.15) is 60.3 Å². The van der Waals surface area contributed by atoms with Gasteiger partial charge in [-0.15, -0.1) is 0 Å². The first-order valence-corrected chi connectivity index (χ1v) is 7.11. The molecule has 1 amide bonds. The highest BCUT2D eigenvalue weighted by Gasteiger charge is 2.38. The van der Waals surface area contributed by atoms with Crippen LogP contribution in [0.3, 0.4) is 0 Å². The Morgan fingerprint density at radius 2 is 1.59 bits per heavy atom. The zero-order valence-electron chi connectivity index (χ0n) is 12.2. The summed E-state index contributed by atoms with van der Waals surface area (Å²) in [5, 5.41) is 0. The van der Waals surface area contributed by atoms with Gasteiger partial charge in [0, 0.05) is 26.6 Å². The SMILES string of the molecule is CC.CC.CC(=O)N1CCC2(CCCO2)CC1. The van der Waals surface area contributed by atoms with Crippen molar-refractivity contribution in [2.75, 3.05) is 19.7 Å². The molecule has 0 saturated carbocycles. The quantitative estimate of drug-likeness (QED) is 0.653. The lowest BCUT2D eigenvalue weighted by atomic mass is 9.89. The molecular formula is C14H29NO2. The number of hydrogen-bond acceptors (Lipinski definition) is 2. The molecule has 0 radical (unpaired) electrons. The highest BCUT2D eigenvalue weighted by Crippen LogP contribution is 2.35. The second-order valence-corrected chi connectivity index (χ2v) is 4.14. The number of amides is 1. The molecule has 0 aromatic carbocycles. The Morgan fingerprint density at radius 3 is 1.94 bits per heavy atom. The van der Waals surface area contributed by atoms with Crippen molar-refractivity contribution in [1.29, 1.82) is 0 Å². The van der Waals surface area contributed by atoms with Crippen LogP contribution in [0.15, 0.2) is 0 Å². The minimum absolute atomic E-state index is 0.145. The van der Waals surface area contributed by atoms with E-state index < -0.39 is 0 Å². The van der Waals surface area contributed by atoms with Gasteiger partial charge in [0.25, 0.3) is 0 Å². The third-order valence-corrected chi connectivity index (χ3v) is 3.30. The second kappa shape index (κ2) is 8.51. The molecule has 2 aliphatic heterocycles. The van der Waals surface area contributed by atoms with Crippen LogP contribution in [-0.2, 0) is 9.53 Å². The first kappa shape index (κ1) is 16.4. The van der Waals surface area contributed by atoms with Crippen LogP contribution in [0.25, 0.3) is 0 Å². The third-order valence-electron chi connectivity index (χ3n) is 3.30. The van der Waals surface area contributed by atoms with Crippen molar-refractivity contribution in [1.82, 2.24) is 4.90 Å². The zero-order valence-corrected chi connectivity index (χ0v) is 12.2. The fourth-order valence-electron chi connectivity index (χ4n) is 2.38. The molecule has 0 bridgehead atoms. The van der Waals surface area contributed by atoms with Gasteiger partial charge in [-0.25, -0.2) is 0 Å². The van der Waals surface area contributed by atoms with Gasteiger partial charge < -0.3 is 9.64 Å². The van der Waals surface area contributed by atoms with Crippen molar-refractivity contribution in [2.24, 2.45) is 0 Å². The van der Waals surface area contributed by atoms with Crippen molar-refractivity contribution in [3.63, 3.8) is 0 Å². The summed E-state index contributed by atoms with van der Waals surface area (Å²) in [6.07, 6.45) is 4.46. The molecule has 2 heterocycles. The Morgan fingerprint density at radius 1 is 1.06 bits per heavy atom. The van der Waals surface area contributed by atoms with Crippen LogP contribution >= 0.6 is 0 Å². The van der Waals surface area contributed by atoms with E-state index in [0.717, 1.165) is 32.5 Å². The first-order valence-electron chi connectivity index (χ1n) is 7.11. The summed E-state index contributed by atoms with van der Waals surface area (Å²) in [5.41, 5.74) is 0.145. The van der Waals surface area contributed by atoms with E-state index in [9.17, 15) is 4.79 Å². The number of nitrogens with zero attached hydrogens (tertiary/aromatic N) is 1. The monoisotopic (exact) mass is 243 g/mol. The summed E-state index contributed by atoms with van der Waals surface area (Å²) in [4.78, 5) is 13.0. The third kappa shape index (κ3) is 4.66. The Balaban J connectivity index is 0.000000581. The van der Waals surface area contributed by atoms with Gasteiger partial charge in [0.2, 0.25) is 5.91 Å². The summed E-state index contributed by atoms with van der Waals surface area (Å²) < 4.78 is 5.77. The lowest BCUT2D eigenvalue weighted by molar-refractivity contribution is -0.133. The van der Waals surface area contributed by atoms with Crippen molar-refractivity contribution >= 4 is 5.91 Å². The normalized spacial score (nSPS) is 21.1. The van der Waals surface area contributed by atoms with Crippen LogP contribution in [-0.4, -0.2) is 36.1 Å². The van der Waals surface area contributed by atoms with Crippen molar-refractivity contribution in [2.45, 2.75) is 65.9 Å². The molecule has 1 spiro atoms. The molecule has 3 nitrogen and oxygen atoms in total. The first-order chi connectivity index (χ1) is 8.22. The molecule has 2 rings (SSSR count). The van der Waals surface area contributed by atoms with E-state index in [2.05, 4.69) is 0 Å². The van der Waals surface area contributed by atoms with E-state index in [1.165, 1.54) is 12.8 Å². The Bertz CT molecular complexity index is 200. The molecule has 2 fully saturated rings. The van der Waals surface area contributed by atoms with Crippen LogP contribution in [0.4, 0.5) is 0 Å². The number of likely N-dealkylation sites (tertiary alicyclic amines) is 1. The summed E-state index contributed by atoms with van der Waals surface area (Å²) in [6.45, 7) is 12.3. The molecular weight excluding hydrogens is 214 g/mol. The molecule has 0 atom stereocenters. The zero-order chi connectivity index (χ0) is 13.3. The standard InChI is InChI=1S/C10H17NO2.2C2H6/c1-9(12)11-6-4-10(5-7-11)3-2-8-13-10;2*1-2/h2-8H2,1H3;2*1-2H3. The predicted molar refractivity (Wildman–Crippen MR) is 72.1 cm³/mol. The van der Waals surface area contributed by atoms with Gasteiger partial charge in [0.1, 0.15) is 0 Å². The van der Waals surface area contributed by atoms with Gasteiger partial charge in [0.05, 0.1) is 5.60 Å². The summed E-state index contributed by atoms with van der Waals surface area (Å²) in [6, 6.07) is 0. The highest BCUT2D eigenvalue weighted by molar-refractivity contribution is 5.73. The number of hydrogen-bond donors (Lipinski definition) is 0. The van der Waals surface area contributed by atoms with Crippen LogP contribution in [0.5, 0.6) is 0 Å².